The number of fused-ring (bicyclic) bond motifs is 2. The molecule has 1 aliphatic heterocycles. The summed E-state index contributed by atoms with van der Waals surface area (Å²) in [5, 5.41) is 5.77. The third-order valence-corrected chi connectivity index (χ3v) is 5.59. The first kappa shape index (κ1) is 19.5. The Morgan fingerprint density at radius 3 is 2.84 bits per heavy atom. The summed E-state index contributed by atoms with van der Waals surface area (Å²) in [6, 6.07) is 4.61. The van der Waals surface area contributed by atoms with Crippen LogP contribution >= 0.6 is 0 Å². The lowest BCUT2D eigenvalue weighted by atomic mass is 9.87. The Bertz CT molecular complexity index is 1300. The van der Waals surface area contributed by atoms with Gasteiger partial charge in [-0.1, -0.05) is 6.07 Å². The van der Waals surface area contributed by atoms with Crippen LogP contribution in [0.1, 0.15) is 34.0 Å². The molecule has 1 aromatic carbocycles. The van der Waals surface area contributed by atoms with Gasteiger partial charge in [-0.25, -0.2) is 13.8 Å². The third-order valence-electron chi connectivity index (χ3n) is 5.59. The average molecular weight is 422 g/mol. The molecule has 158 valence electrons. The molecular formula is C22H20F2N6O. The summed E-state index contributed by atoms with van der Waals surface area (Å²) in [5.41, 5.74) is 3.09. The van der Waals surface area contributed by atoms with E-state index in [1.165, 1.54) is 22.9 Å². The molecule has 4 heterocycles. The van der Waals surface area contributed by atoms with Gasteiger partial charge in [0.2, 0.25) is 0 Å². The quantitative estimate of drug-likeness (QED) is 0.529. The molecule has 0 unspecified atom stereocenters. The highest BCUT2D eigenvalue weighted by Crippen LogP contribution is 2.33. The average Bonchev–Trinajstić information content (AvgIpc) is 3.14. The van der Waals surface area contributed by atoms with Crippen LogP contribution in [0.3, 0.4) is 0 Å². The Hall–Kier alpha value is -3.46. The van der Waals surface area contributed by atoms with Crippen molar-refractivity contribution in [1.82, 2.24) is 24.7 Å². The lowest BCUT2D eigenvalue weighted by Gasteiger charge is -2.27. The number of nitrogens with zero attached hydrogens (tertiary/aromatic N) is 4. The highest BCUT2D eigenvalue weighted by atomic mass is 19.1. The van der Waals surface area contributed by atoms with Crippen molar-refractivity contribution in [2.75, 3.05) is 18.4 Å². The van der Waals surface area contributed by atoms with Crippen LogP contribution in [0, 0.1) is 12.7 Å². The van der Waals surface area contributed by atoms with E-state index < -0.39 is 17.9 Å². The Labute approximate surface area is 176 Å². The van der Waals surface area contributed by atoms with Gasteiger partial charge in [-0.05, 0) is 31.5 Å². The third kappa shape index (κ3) is 3.50. The van der Waals surface area contributed by atoms with Crippen LogP contribution in [0.2, 0.25) is 0 Å². The van der Waals surface area contributed by atoms with Crippen LogP contribution in [-0.2, 0) is 0 Å². The van der Waals surface area contributed by atoms with Crippen molar-refractivity contribution < 1.29 is 13.6 Å². The van der Waals surface area contributed by atoms with E-state index >= 15 is 0 Å². The standard InChI is InChI=1S/C22H20F2N6O/c1-12-10-30-11-13(8-17(23)21(30)28-12)29-22(31)16-3-2-15(14-4-5-25-9-18(14)24)19-20(16)27-7-6-26-19/h2-3,6-8,10-11,14,18,25H,4-5,9H2,1H3,(H,29,31)/t14-,18+/m1/s1. The fourth-order valence-corrected chi connectivity index (χ4v) is 4.18. The number of halogens is 2. The summed E-state index contributed by atoms with van der Waals surface area (Å²) in [6.45, 7) is 2.77. The van der Waals surface area contributed by atoms with Gasteiger partial charge in [-0.15, -0.1) is 0 Å². The van der Waals surface area contributed by atoms with E-state index in [1.807, 2.05) is 0 Å². The number of carbonyl (C=O) groups excluding carboxylic acids is 1. The fourth-order valence-electron chi connectivity index (χ4n) is 4.18. The molecule has 5 rings (SSSR count). The summed E-state index contributed by atoms with van der Waals surface area (Å²) in [4.78, 5) is 25.9. The smallest absolute Gasteiger partial charge is 0.257 e. The number of imidazole rings is 1. The highest BCUT2D eigenvalue weighted by Gasteiger charge is 2.29. The van der Waals surface area contributed by atoms with Gasteiger partial charge in [0.15, 0.2) is 11.5 Å². The van der Waals surface area contributed by atoms with Crippen molar-refractivity contribution in [3.63, 3.8) is 0 Å². The lowest BCUT2D eigenvalue weighted by Crippen LogP contribution is -2.36. The van der Waals surface area contributed by atoms with Crippen LogP contribution in [0.25, 0.3) is 16.7 Å². The number of nitrogens with one attached hydrogen (secondary N) is 2. The maximum atomic E-state index is 14.5. The van der Waals surface area contributed by atoms with Crippen LogP contribution in [-0.4, -0.2) is 44.5 Å². The summed E-state index contributed by atoms with van der Waals surface area (Å²) in [7, 11) is 0. The number of piperidine rings is 1. The van der Waals surface area contributed by atoms with Crippen molar-refractivity contribution in [2.45, 2.75) is 25.4 Å². The Kier molecular flexibility index (Phi) is 4.82. The van der Waals surface area contributed by atoms with Crippen LogP contribution in [0.4, 0.5) is 14.5 Å². The fraction of sp³-hybridized carbons (Fsp3) is 0.273. The monoisotopic (exact) mass is 422 g/mol. The maximum Gasteiger partial charge on any atom is 0.257 e. The van der Waals surface area contributed by atoms with E-state index in [1.54, 1.807) is 31.5 Å². The molecule has 1 amide bonds. The summed E-state index contributed by atoms with van der Waals surface area (Å²) in [5.74, 6) is -1.29. The van der Waals surface area contributed by atoms with Gasteiger partial charge in [-0.3, -0.25) is 14.8 Å². The van der Waals surface area contributed by atoms with Crippen molar-refractivity contribution in [1.29, 1.82) is 0 Å². The van der Waals surface area contributed by atoms with E-state index in [-0.39, 0.29) is 23.8 Å². The maximum absolute atomic E-state index is 14.5. The summed E-state index contributed by atoms with van der Waals surface area (Å²) in [6.07, 6.45) is 5.91. The molecule has 0 radical (unpaired) electrons. The van der Waals surface area contributed by atoms with Gasteiger partial charge >= 0.3 is 0 Å². The number of rotatable bonds is 3. The molecule has 0 bridgehead atoms. The van der Waals surface area contributed by atoms with Gasteiger partial charge in [0.1, 0.15) is 11.7 Å². The number of aryl methyl sites for hydroxylation is 1. The van der Waals surface area contributed by atoms with Gasteiger partial charge < -0.3 is 15.0 Å². The molecule has 3 aromatic heterocycles. The molecule has 9 heteroatoms. The minimum Gasteiger partial charge on any atom is -0.320 e. The van der Waals surface area contributed by atoms with Gasteiger partial charge in [0.25, 0.3) is 5.91 Å². The van der Waals surface area contributed by atoms with Crippen LogP contribution in [0.5, 0.6) is 0 Å². The van der Waals surface area contributed by atoms with Crippen molar-refractivity contribution in [3.05, 3.63) is 65.6 Å². The molecule has 1 aliphatic rings. The molecule has 1 fully saturated rings. The minimum absolute atomic E-state index is 0.193. The van der Waals surface area contributed by atoms with E-state index in [4.69, 9.17) is 0 Å². The number of hydrogen-bond donors (Lipinski definition) is 2. The van der Waals surface area contributed by atoms with E-state index in [2.05, 4.69) is 25.6 Å². The number of benzene rings is 1. The number of amides is 1. The van der Waals surface area contributed by atoms with Crippen molar-refractivity contribution in [3.8, 4) is 0 Å². The van der Waals surface area contributed by atoms with Gasteiger partial charge in [0.05, 0.1) is 22.5 Å². The summed E-state index contributed by atoms with van der Waals surface area (Å²) >= 11 is 0. The molecule has 0 aliphatic carbocycles. The number of carbonyl (C=O) groups is 1. The molecule has 31 heavy (non-hydrogen) atoms. The van der Waals surface area contributed by atoms with Gasteiger partial charge in [-0.2, -0.15) is 0 Å². The molecular weight excluding hydrogens is 402 g/mol. The SMILES string of the molecule is Cc1cn2cc(NC(=O)c3ccc([C@H]4CCNC[C@@H]4F)c4nccnc34)cc(F)c2n1. The predicted octanol–water partition coefficient (Wildman–Crippen LogP) is 3.39. The molecule has 0 saturated carbocycles. The minimum atomic E-state index is -1.04. The van der Waals surface area contributed by atoms with Crippen molar-refractivity contribution >= 4 is 28.3 Å². The lowest BCUT2D eigenvalue weighted by molar-refractivity contribution is 0.102. The molecule has 1 saturated heterocycles. The Morgan fingerprint density at radius 2 is 2.03 bits per heavy atom. The number of pyridine rings is 1. The van der Waals surface area contributed by atoms with Gasteiger partial charge in [0, 0.05) is 43.3 Å². The first-order valence-corrected chi connectivity index (χ1v) is 10.1. The first-order chi connectivity index (χ1) is 15.0. The molecule has 4 aromatic rings. The Morgan fingerprint density at radius 1 is 1.23 bits per heavy atom. The number of aromatic nitrogens is 4. The Balaban J connectivity index is 1.52. The molecule has 2 N–H and O–H groups in total. The molecule has 0 spiro atoms. The number of anilines is 1. The second-order valence-corrected chi connectivity index (χ2v) is 7.72. The first-order valence-electron chi connectivity index (χ1n) is 10.1. The predicted molar refractivity (Wildman–Crippen MR) is 113 cm³/mol. The molecule has 2 atom stereocenters. The second-order valence-electron chi connectivity index (χ2n) is 7.72. The number of hydrogen-bond acceptors (Lipinski definition) is 5. The van der Waals surface area contributed by atoms with Crippen LogP contribution < -0.4 is 10.6 Å². The zero-order valence-electron chi connectivity index (χ0n) is 16.8. The second kappa shape index (κ2) is 7.66. The topological polar surface area (TPSA) is 84.2 Å². The zero-order chi connectivity index (χ0) is 21.5. The molecule has 7 nitrogen and oxygen atoms in total. The van der Waals surface area contributed by atoms with Crippen molar-refractivity contribution in [2.24, 2.45) is 0 Å². The zero-order valence-corrected chi connectivity index (χ0v) is 16.8. The number of alkyl halides is 1. The normalized spacial score (nSPS) is 19.1. The van der Waals surface area contributed by atoms with E-state index in [0.29, 0.717) is 28.7 Å². The van der Waals surface area contributed by atoms with E-state index in [9.17, 15) is 13.6 Å². The summed E-state index contributed by atoms with van der Waals surface area (Å²) < 4.78 is 30.4. The highest BCUT2D eigenvalue weighted by molar-refractivity contribution is 6.11. The van der Waals surface area contributed by atoms with E-state index in [0.717, 1.165) is 12.1 Å². The largest absolute Gasteiger partial charge is 0.320 e. The van der Waals surface area contributed by atoms with Crippen LogP contribution in [0.15, 0.2) is 43.0 Å².